The Morgan fingerprint density at radius 2 is 1.85 bits per heavy atom. The van der Waals surface area contributed by atoms with Crippen molar-refractivity contribution in [1.82, 2.24) is 24.6 Å². The molecule has 1 aromatic heterocycles. The summed E-state index contributed by atoms with van der Waals surface area (Å²) in [6.07, 6.45) is 2.41. The molecule has 6 nitrogen and oxygen atoms in total. The van der Waals surface area contributed by atoms with Crippen LogP contribution < -0.4 is 0 Å². The summed E-state index contributed by atoms with van der Waals surface area (Å²) in [6, 6.07) is 10.0. The Balaban J connectivity index is 1.60. The first-order chi connectivity index (χ1) is 12.6. The molecule has 0 aliphatic carbocycles. The molecular weight excluding hydrogens is 326 g/mol. The van der Waals surface area contributed by atoms with Gasteiger partial charge < -0.3 is 4.90 Å². The highest BCUT2D eigenvalue weighted by atomic mass is 16.2. The highest BCUT2D eigenvalue weighted by Gasteiger charge is 2.36. The average molecular weight is 353 g/mol. The molecule has 0 N–H and O–H groups in total. The number of benzene rings is 1. The largest absolute Gasteiger partial charge is 0.329 e. The second kappa shape index (κ2) is 7.19. The number of likely N-dealkylation sites (tertiary alicyclic amines) is 1. The van der Waals surface area contributed by atoms with Crippen LogP contribution in [0.25, 0.3) is 11.4 Å². The van der Waals surface area contributed by atoms with Gasteiger partial charge in [0.25, 0.3) is 0 Å². The highest BCUT2D eigenvalue weighted by Crippen LogP contribution is 2.32. The number of fused-ring (bicyclic) bond motifs is 1. The van der Waals surface area contributed by atoms with Gasteiger partial charge in [-0.2, -0.15) is 5.10 Å². The number of aromatic nitrogens is 3. The van der Waals surface area contributed by atoms with Crippen LogP contribution in [-0.4, -0.2) is 56.7 Å². The summed E-state index contributed by atoms with van der Waals surface area (Å²) in [5.41, 5.74) is 1.02. The van der Waals surface area contributed by atoms with E-state index < -0.39 is 0 Å². The van der Waals surface area contributed by atoms with Crippen molar-refractivity contribution in [2.45, 2.75) is 39.3 Å². The molecule has 1 aromatic carbocycles. The van der Waals surface area contributed by atoms with Crippen molar-refractivity contribution in [3.8, 4) is 11.4 Å². The Labute approximate surface area is 154 Å². The fourth-order valence-electron chi connectivity index (χ4n) is 4.09. The molecule has 0 spiro atoms. The molecule has 0 bridgehead atoms. The highest BCUT2D eigenvalue weighted by molar-refractivity contribution is 5.79. The third-order valence-electron chi connectivity index (χ3n) is 5.39. The van der Waals surface area contributed by atoms with E-state index in [-0.39, 0.29) is 11.9 Å². The van der Waals surface area contributed by atoms with E-state index in [1.807, 2.05) is 39.9 Å². The molecule has 138 valence electrons. The maximum absolute atomic E-state index is 13.0. The molecule has 2 aliphatic heterocycles. The number of carbonyl (C=O) groups is 1. The van der Waals surface area contributed by atoms with Crippen LogP contribution in [0, 0.1) is 5.92 Å². The number of nitrogens with zero attached hydrogens (tertiary/aromatic N) is 5. The lowest BCUT2D eigenvalue weighted by Gasteiger charge is -2.38. The van der Waals surface area contributed by atoms with Crippen molar-refractivity contribution in [2.75, 3.05) is 26.2 Å². The van der Waals surface area contributed by atoms with Crippen LogP contribution in [0.3, 0.4) is 0 Å². The molecule has 6 heteroatoms. The number of carbonyl (C=O) groups excluding carboxylic acids is 1. The van der Waals surface area contributed by atoms with Gasteiger partial charge in [-0.1, -0.05) is 44.2 Å². The van der Waals surface area contributed by atoms with Crippen molar-refractivity contribution >= 4 is 5.91 Å². The molecule has 1 amide bonds. The number of amides is 1. The fraction of sp³-hybridized carbons (Fsp3) is 0.550. The zero-order chi connectivity index (χ0) is 18.1. The second-order valence-corrected chi connectivity index (χ2v) is 7.64. The number of hydrogen-bond donors (Lipinski definition) is 0. The first kappa shape index (κ1) is 17.2. The van der Waals surface area contributed by atoms with Crippen LogP contribution in [0.2, 0.25) is 0 Å². The van der Waals surface area contributed by atoms with Gasteiger partial charge in [0, 0.05) is 12.1 Å². The summed E-state index contributed by atoms with van der Waals surface area (Å²) in [5, 5.41) is 4.71. The van der Waals surface area contributed by atoms with E-state index >= 15 is 0 Å². The Bertz CT molecular complexity index is 764. The topological polar surface area (TPSA) is 54.3 Å². The molecule has 1 fully saturated rings. The minimum atomic E-state index is -0.0104. The van der Waals surface area contributed by atoms with E-state index in [9.17, 15) is 4.79 Å². The Morgan fingerprint density at radius 3 is 2.54 bits per heavy atom. The smallest absolute Gasteiger partial charge is 0.237 e. The Hall–Kier alpha value is -2.21. The van der Waals surface area contributed by atoms with Crippen molar-refractivity contribution in [1.29, 1.82) is 0 Å². The van der Waals surface area contributed by atoms with Crippen LogP contribution >= 0.6 is 0 Å². The van der Waals surface area contributed by atoms with E-state index in [4.69, 9.17) is 10.1 Å². The number of rotatable bonds is 4. The van der Waals surface area contributed by atoms with Crippen molar-refractivity contribution in [2.24, 2.45) is 5.92 Å². The molecule has 2 aromatic rings. The van der Waals surface area contributed by atoms with Crippen LogP contribution in [0.15, 0.2) is 30.3 Å². The maximum atomic E-state index is 13.0. The summed E-state index contributed by atoms with van der Waals surface area (Å²) in [6.45, 7) is 8.36. The van der Waals surface area contributed by atoms with Gasteiger partial charge in [-0.3, -0.25) is 9.69 Å². The van der Waals surface area contributed by atoms with Crippen LogP contribution in [-0.2, 0) is 11.3 Å². The molecule has 2 aliphatic rings. The zero-order valence-electron chi connectivity index (χ0n) is 15.6. The van der Waals surface area contributed by atoms with E-state index in [1.165, 1.54) is 12.8 Å². The number of hydrogen-bond acceptors (Lipinski definition) is 4. The van der Waals surface area contributed by atoms with Gasteiger partial charge in [0.1, 0.15) is 0 Å². The minimum Gasteiger partial charge on any atom is -0.329 e. The lowest BCUT2D eigenvalue weighted by Crippen LogP contribution is -2.48. The van der Waals surface area contributed by atoms with Crippen LogP contribution in [0.1, 0.15) is 38.6 Å². The van der Waals surface area contributed by atoms with Gasteiger partial charge in [0.05, 0.1) is 19.1 Å². The molecule has 4 rings (SSSR count). The van der Waals surface area contributed by atoms with Crippen LogP contribution in [0.4, 0.5) is 0 Å². The standard InChI is InChI=1S/C20H27N5O/c1-15(2)18-20-21-19(16-8-4-3-5-9-16)22-25(20)13-12-24(18)17(26)14-23-10-6-7-11-23/h3-5,8-9,15,18H,6-7,10-14H2,1-2H3/t18-/m0/s1. The zero-order valence-corrected chi connectivity index (χ0v) is 15.6. The predicted octanol–water partition coefficient (Wildman–Crippen LogP) is 2.58. The lowest BCUT2D eigenvalue weighted by molar-refractivity contribution is -0.137. The molecule has 1 atom stereocenters. The van der Waals surface area contributed by atoms with Gasteiger partial charge in [-0.25, -0.2) is 9.67 Å². The van der Waals surface area contributed by atoms with E-state index in [0.717, 1.165) is 30.3 Å². The van der Waals surface area contributed by atoms with Crippen molar-refractivity contribution in [3.05, 3.63) is 36.2 Å². The normalized spacial score (nSPS) is 20.6. The fourth-order valence-corrected chi connectivity index (χ4v) is 4.09. The molecule has 26 heavy (non-hydrogen) atoms. The van der Waals surface area contributed by atoms with E-state index in [0.29, 0.717) is 25.6 Å². The molecular formula is C20H27N5O. The first-order valence-electron chi connectivity index (χ1n) is 9.65. The summed E-state index contributed by atoms with van der Waals surface area (Å²) < 4.78 is 1.99. The van der Waals surface area contributed by atoms with Gasteiger partial charge in [0.15, 0.2) is 11.6 Å². The van der Waals surface area contributed by atoms with Gasteiger partial charge in [0.2, 0.25) is 5.91 Å². The summed E-state index contributed by atoms with van der Waals surface area (Å²) in [5.74, 6) is 2.19. The van der Waals surface area contributed by atoms with Gasteiger partial charge >= 0.3 is 0 Å². The van der Waals surface area contributed by atoms with E-state index in [2.05, 4.69) is 18.7 Å². The SMILES string of the molecule is CC(C)[C@H]1c2nc(-c3ccccc3)nn2CCN1C(=O)CN1CCCC1. The predicted molar refractivity (Wildman–Crippen MR) is 100 cm³/mol. The quantitative estimate of drug-likeness (QED) is 0.848. The molecule has 3 heterocycles. The summed E-state index contributed by atoms with van der Waals surface area (Å²) in [4.78, 5) is 22.1. The second-order valence-electron chi connectivity index (χ2n) is 7.64. The summed E-state index contributed by atoms with van der Waals surface area (Å²) in [7, 11) is 0. The first-order valence-corrected chi connectivity index (χ1v) is 9.65. The van der Waals surface area contributed by atoms with E-state index in [1.54, 1.807) is 0 Å². The Morgan fingerprint density at radius 1 is 1.12 bits per heavy atom. The molecule has 0 saturated carbocycles. The third kappa shape index (κ3) is 3.26. The average Bonchev–Trinajstić information content (AvgIpc) is 3.30. The van der Waals surface area contributed by atoms with Crippen molar-refractivity contribution in [3.63, 3.8) is 0 Å². The molecule has 1 saturated heterocycles. The Kier molecular flexibility index (Phi) is 4.76. The monoisotopic (exact) mass is 353 g/mol. The lowest BCUT2D eigenvalue weighted by atomic mass is 9.99. The molecule has 0 radical (unpaired) electrons. The molecule has 0 unspecified atom stereocenters. The third-order valence-corrected chi connectivity index (χ3v) is 5.39. The van der Waals surface area contributed by atoms with Crippen molar-refractivity contribution < 1.29 is 4.79 Å². The summed E-state index contributed by atoms with van der Waals surface area (Å²) >= 11 is 0. The minimum absolute atomic E-state index is 0.0104. The maximum Gasteiger partial charge on any atom is 0.237 e. The van der Waals surface area contributed by atoms with Gasteiger partial charge in [-0.05, 0) is 31.8 Å². The van der Waals surface area contributed by atoms with Gasteiger partial charge in [-0.15, -0.1) is 0 Å². The van der Waals surface area contributed by atoms with Crippen LogP contribution in [0.5, 0.6) is 0 Å².